The lowest BCUT2D eigenvalue weighted by atomic mass is 10.2. The molecule has 0 aliphatic heterocycles. The monoisotopic (exact) mass is 272 g/mol. The van der Waals surface area contributed by atoms with Crippen LogP contribution in [-0.4, -0.2) is 38.2 Å². The number of esters is 3. The highest BCUT2D eigenvalue weighted by Gasteiger charge is 2.09. The van der Waals surface area contributed by atoms with Crippen LogP contribution in [0.5, 0.6) is 0 Å². The van der Waals surface area contributed by atoms with Crippen molar-refractivity contribution in [2.75, 3.05) is 20.3 Å². The van der Waals surface area contributed by atoms with Gasteiger partial charge in [0.05, 0.1) is 13.7 Å². The second-order valence-corrected chi connectivity index (χ2v) is 3.76. The molecule has 0 fully saturated rings. The number of methoxy groups -OCH3 is 1. The van der Waals surface area contributed by atoms with Crippen LogP contribution < -0.4 is 0 Å². The fourth-order valence-electron chi connectivity index (χ4n) is 1.18. The van der Waals surface area contributed by atoms with Crippen molar-refractivity contribution in [3.63, 3.8) is 0 Å². The Morgan fingerprint density at radius 2 is 1.79 bits per heavy atom. The quantitative estimate of drug-likeness (QED) is 0.218. The molecule has 0 amide bonds. The van der Waals surface area contributed by atoms with Crippen molar-refractivity contribution in [3.05, 3.63) is 11.6 Å². The smallest absolute Gasteiger partial charge is 0.317 e. The molecule has 6 nitrogen and oxygen atoms in total. The molecule has 0 atom stereocenters. The lowest BCUT2D eigenvalue weighted by molar-refractivity contribution is -0.152. The largest absolute Gasteiger partial charge is 0.469 e. The van der Waals surface area contributed by atoms with Gasteiger partial charge in [-0.25, -0.2) is 0 Å². The molecule has 0 aliphatic carbocycles. The molecule has 108 valence electrons. The highest BCUT2D eigenvalue weighted by Crippen LogP contribution is 2.04. The average Bonchev–Trinajstić information content (AvgIpc) is 2.37. The summed E-state index contributed by atoms with van der Waals surface area (Å²) in [7, 11) is 1.21. The Labute approximate surface area is 112 Å². The van der Waals surface area contributed by atoms with Crippen molar-refractivity contribution in [2.24, 2.45) is 0 Å². The van der Waals surface area contributed by atoms with Crippen LogP contribution in [0.4, 0.5) is 0 Å². The summed E-state index contributed by atoms with van der Waals surface area (Å²) in [4.78, 5) is 32.6. The van der Waals surface area contributed by atoms with Gasteiger partial charge in [0, 0.05) is 6.92 Å². The summed E-state index contributed by atoms with van der Waals surface area (Å²) in [5, 5.41) is 0. The molecular weight excluding hydrogens is 252 g/mol. The zero-order valence-corrected chi connectivity index (χ0v) is 11.6. The summed E-state index contributed by atoms with van der Waals surface area (Å²) >= 11 is 0. The van der Waals surface area contributed by atoms with Gasteiger partial charge in [0.1, 0.15) is 13.0 Å². The van der Waals surface area contributed by atoms with E-state index in [9.17, 15) is 14.4 Å². The number of hydrogen-bond donors (Lipinski definition) is 0. The number of rotatable bonds is 8. The summed E-state index contributed by atoms with van der Waals surface area (Å²) in [6, 6.07) is 0. The second-order valence-electron chi connectivity index (χ2n) is 3.76. The average molecular weight is 272 g/mol. The van der Waals surface area contributed by atoms with Crippen LogP contribution in [0, 0.1) is 0 Å². The molecule has 0 aromatic heterocycles. The number of hydrogen-bond acceptors (Lipinski definition) is 6. The Bertz CT molecular complexity index is 345. The Morgan fingerprint density at radius 3 is 2.32 bits per heavy atom. The van der Waals surface area contributed by atoms with Gasteiger partial charge in [-0.1, -0.05) is 13.0 Å². The highest BCUT2D eigenvalue weighted by atomic mass is 16.5. The maximum absolute atomic E-state index is 11.1. The third-order valence-electron chi connectivity index (χ3n) is 2.25. The first-order valence-corrected chi connectivity index (χ1v) is 6.03. The maximum Gasteiger partial charge on any atom is 0.317 e. The molecule has 0 aliphatic rings. The van der Waals surface area contributed by atoms with Crippen molar-refractivity contribution in [2.45, 2.75) is 33.1 Å². The van der Waals surface area contributed by atoms with E-state index in [2.05, 4.69) is 4.74 Å². The third kappa shape index (κ3) is 9.82. The van der Waals surface area contributed by atoms with E-state index in [1.54, 1.807) is 0 Å². The van der Waals surface area contributed by atoms with Gasteiger partial charge in [0.25, 0.3) is 0 Å². The van der Waals surface area contributed by atoms with Crippen LogP contribution in [-0.2, 0) is 28.6 Å². The fraction of sp³-hybridized carbons (Fsp3) is 0.615. The molecule has 0 bridgehead atoms. The van der Waals surface area contributed by atoms with Crippen LogP contribution in [0.25, 0.3) is 0 Å². The van der Waals surface area contributed by atoms with Gasteiger partial charge < -0.3 is 14.2 Å². The molecule has 0 saturated carbocycles. The van der Waals surface area contributed by atoms with Crippen LogP contribution in [0.3, 0.4) is 0 Å². The van der Waals surface area contributed by atoms with Gasteiger partial charge in [-0.05, 0) is 18.4 Å². The minimum atomic E-state index is -0.621. The molecule has 0 rings (SSSR count). The summed E-state index contributed by atoms with van der Waals surface area (Å²) in [6.45, 7) is 3.72. The molecule has 19 heavy (non-hydrogen) atoms. The van der Waals surface area contributed by atoms with Crippen LogP contribution in [0.1, 0.15) is 33.1 Å². The van der Waals surface area contributed by atoms with E-state index < -0.39 is 11.9 Å². The SMILES string of the molecule is CC/C(=C\CCOC(=O)CC(=O)OC)COC(C)=O. The van der Waals surface area contributed by atoms with Gasteiger partial charge in [-0.3, -0.25) is 14.4 Å². The Kier molecular flexibility index (Phi) is 9.12. The minimum absolute atomic E-state index is 0.180. The molecule has 0 saturated heterocycles. The van der Waals surface area contributed by atoms with Gasteiger partial charge in [0.2, 0.25) is 0 Å². The van der Waals surface area contributed by atoms with Crippen molar-refractivity contribution in [3.8, 4) is 0 Å². The fourth-order valence-corrected chi connectivity index (χ4v) is 1.18. The molecule has 0 N–H and O–H groups in total. The van der Waals surface area contributed by atoms with Crippen molar-refractivity contribution in [1.82, 2.24) is 0 Å². The molecule has 0 unspecified atom stereocenters. The molecular formula is C13H20O6. The first kappa shape index (κ1) is 17.2. The van der Waals surface area contributed by atoms with E-state index in [1.165, 1.54) is 14.0 Å². The van der Waals surface area contributed by atoms with E-state index >= 15 is 0 Å². The maximum atomic E-state index is 11.1. The zero-order chi connectivity index (χ0) is 14.7. The van der Waals surface area contributed by atoms with Crippen LogP contribution >= 0.6 is 0 Å². The normalized spacial score (nSPS) is 10.8. The second kappa shape index (κ2) is 10.1. The molecule has 0 heterocycles. The lowest BCUT2D eigenvalue weighted by Crippen LogP contribution is -2.12. The topological polar surface area (TPSA) is 78.9 Å². The molecule has 0 aromatic rings. The van der Waals surface area contributed by atoms with Crippen LogP contribution in [0.2, 0.25) is 0 Å². The van der Waals surface area contributed by atoms with Gasteiger partial charge in [0.15, 0.2) is 0 Å². The van der Waals surface area contributed by atoms with Crippen LogP contribution in [0.15, 0.2) is 11.6 Å². The van der Waals surface area contributed by atoms with Crippen molar-refractivity contribution < 1.29 is 28.6 Å². The van der Waals surface area contributed by atoms with E-state index in [0.29, 0.717) is 6.42 Å². The number of ether oxygens (including phenoxy) is 3. The summed E-state index contributed by atoms with van der Waals surface area (Å²) in [5.74, 6) is -1.56. The predicted molar refractivity (Wildman–Crippen MR) is 67.2 cm³/mol. The summed E-state index contributed by atoms with van der Waals surface area (Å²) < 4.78 is 14.0. The Morgan fingerprint density at radius 1 is 1.11 bits per heavy atom. The van der Waals surface area contributed by atoms with Gasteiger partial charge >= 0.3 is 17.9 Å². The Hall–Kier alpha value is -1.85. The standard InChI is InChI=1S/C13H20O6/c1-4-11(9-19-10(2)14)6-5-7-18-13(16)8-12(15)17-3/h6H,4-5,7-9H2,1-3H3/b11-6+. The highest BCUT2D eigenvalue weighted by molar-refractivity contribution is 5.91. The first-order valence-electron chi connectivity index (χ1n) is 6.03. The van der Waals surface area contributed by atoms with E-state index in [1.807, 2.05) is 13.0 Å². The van der Waals surface area contributed by atoms with Gasteiger partial charge in [-0.2, -0.15) is 0 Å². The summed E-state index contributed by atoms with van der Waals surface area (Å²) in [6.07, 6.45) is 2.74. The van der Waals surface area contributed by atoms with Crippen molar-refractivity contribution in [1.29, 1.82) is 0 Å². The van der Waals surface area contributed by atoms with E-state index in [-0.39, 0.29) is 25.6 Å². The molecule has 6 heteroatoms. The predicted octanol–water partition coefficient (Wildman–Crippen LogP) is 1.38. The van der Waals surface area contributed by atoms with E-state index in [0.717, 1.165) is 12.0 Å². The molecule has 0 aromatic carbocycles. The van der Waals surface area contributed by atoms with E-state index in [4.69, 9.17) is 9.47 Å². The first-order chi connectivity index (χ1) is 8.99. The summed E-state index contributed by atoms with van der Waals surface area (Å²) in [5.41, 5.74) is 0.958. The molecule has 0 spiro atoms. The van der Waals surface area contributed by atoms with Crippen molar-refractivity contribution >= 4 is 17.9 Å². The van der Waals surface area contributed by atoms with Gasteiger partial charge in [-0.15, -0.1) is 0 Å². The number of carbonyl (C=O) groups excluding carboxylic acids is 3. The zero-order valence-electron chi connectivity index (χ0n) is 11.6. The Balaban J connectivity index is 3.88. The number of carbonyl (C=O) groups is 3. The lowest BCUT2D eigenvalue weighted by Gasteiger charge is -2.06. The molecule has 0 radical (unpaired) electrons. The minimum Gasteiger partial charge on any atom is -0.469 e. The third-order valence-corrected chi connectivity index (χ3v) is 2.25.